The Bertz CT molecular complexity index is 279. The highest BCUT2D eigenvalue weighted by Crippen LogP contribution is 2.20. The van der Waals surface area contributed by atoms with Crippen molar-refractivity contribution in [3.8, 4) is 0 Å². The zero-order valence-electron chi connectivity index (χ0n) is 8.79. The monoisotopic (exact) mass is 207 g/mol. The molecule has 0 amide bonds. The first-order chi connectivity index (χ1) is 6.81. The fourth-order valence-corrected chi connectivity index (χ4v) is 1.83. The van der Waals surface area contributed by atoms with Crippen molar-refractivity contribution >= 4 is 11.8 Å². The first kappa shape index (κ1) is 11.3. The molecule has 1 rings (SSSR count). The molecule has 2 heteroatoms. The first-order valence-corrected chi connectivity index (χ1v) is 5.96. The molecule has 1 aromatic rings. The maximum atomic E-state index is 3.76. The minimum absolute atomic E-state index is 0.392. The van der Waals surface area contributed by atoms with Gasteiger partial charge in [0.05, 0.1) is 0 Å². The zero-order chi connectivity index (χ0) is 10.4. The van der Waals surface area contributed by atoms with Crippen molar-refractivity contribution in [2.24, 2.45) is 0 Å². The molecule has 1 nitrogen and oxygen atoms in total. The van der Waals surface area contributed by atoms with Crippen LogP contribution >= 0.6 is 11.8 Å². The highest BCUT2D eigenvalue weighted by Gasteiger charge is 2.05. The van der Waals surface area contributed by atoms with Gasteiger partial charge < -0.3 is 5.32 Å². The molecule has 0 radical (unpaired) electrons. The summed E-state index contributed by atoms with van der Waals surface area (Å²) in [6, 6.07) is 9.07. The zero-order valence-corrected chi connectivity index (χ0v) is 9.60. The fourth-order valence-electron chi connectivity index (χ4n) is 1.42. The third-order valence-electron chi connectivity index (χ3n) is 2.27. The van der Waals surface area contributed by atoms with Crippen LogP contribution in [0.15, 0.2) is 41.8 Å². The van der Waals surface area contributed by atoms with Gasteiger partial charge in [-0.05, 0) is 37.4 Å². The summed E-state index contributed by atoms with van der Waals surface area (Å²) in [4.78, 5) is 1.31. The fraction of sp³-hybridized carbons (Fsp3) is 0.333. The van der Waals surface area contributed by atoms with Gasteiger partial charge in [0, 0.05) is 10.9 Å². The molecule has 0 saturated heterocycles. The molecule has 0 aliphatic heterocycles. The van der Waals surface area contributed by atoms with E-state index in [1.165, 1.54) is 10.5 Å². The SMILES string of the molecule is C=CCC(NC)c1ccc(SC)cc1. The standard InChI is InChI=1S/C12H17NS/c1-4-5-12(13-2)10-6-8-11(14-3)9-7-10/h4,6-9,12-13H,1,5H2,2-3H3. The van der Waals surface area contributed by atoms with Crippen molar-refractivity contribution in [1.82, 2.24) is 5.32 Å². The lowest BCUT2D eigenvalue weighted by Crippen LogP contribution is -2.15. The van der Waals surface area contributed by atoms with E-state index in [1.807, 2.05) is 13.1 Å². The van der Waals surface area contributed by atoms with Gasteiger partial charge in [-0.1, -0.05) is 18.2 Å². The average Bonchev–Trinajstić information content (AvgIpc) is 2.26. The van der Waals surface area contributed by atoms with E-state index in [1.54, 1.807) is 11.8 Å². The summed E-state index contributed by atoms with van der Waals surface area (Å²) in [6.07, 6.45) is 5.01. The van der Waals surface area contributed by atoms with Crippen LogP contribution in [0.5, 0.6) is 0 Å². The summed E-state index contributed by atoms with van der Waals surface area (Å²) in [7, 11) is 1.98. The van der Waals surface area contributed by atoms with Gasteiger partial charge in [0.15, 0.2) is 0 Å². The molecule has 0 aromatic heterocycles. The number of hydrogen-bond donors (Lipinski definition) is 1. The van der Waals surface area contributed by atoms with Crippen LogP contribution in [0.2, 0.25) is 0 Å². The van der Waals surface area contributed by atoms with Gasteiger partial charge in [-0.15, -0.1) is 18.3 Å². The average molecular weight is 207 g/mol. The largest absolute Gasteiger partial charge is 0.313 e. The van der Waals surface area contributed by atoms with Gasteiger partial charge >= 0.3 is 0 Å². The van der Waals surface area contributed by atoms with E-state index in [0.717, 1.165) is 6.42 Å². The number of benzene rings is 1. The number of nitrogens with one attached hydrogen (secondary N) is 1. The van der Waals surface area contributed by atoms with E-state index in [9.17, 15) is 0 Å². The van der Waals surface area contributed by atoms with Gasteiger partial charge in [0.2, 0.25) is 0 Å². The number of hydrogen-bond acceptors (Lipinski definition) is 2. The van der Waals surface area contributed by atoms with Crippen molar-refractivity contribution < 1.29 is 0 Å². The minimum Gasteiger partial charge on any atom is -0.313 e. The Labute approximate surface area is 90.6 Å². The van der Waals surface area contributed by atoms with E-state index in [-0.39, 0.29) is 0 Å². The Balaban J connectivity index is 2.77. The van der Waals surface area contributed by atoms with Gasteiger partial charge in [-0.2, -0.15) is 0 Å². The molecule has 0 saturated carbocycles. The topological polar surface area (TPSA) is 12.0 Å². The van der Waals surface area contributed by atoms with Crippen LogP contribution in [0.1, 0.15) is 18.0 Å². The predicted molar refractivity (Wildman–Crippen MR) is 64.8 cm³/mol. The number of rotatable bonds is 5. The Morgan fingerprint density at radius 1 is 1.43 bits per heavy atom. The molecule has 76 valence electrons. The van der Waals surface area contributed by atoms with Crippen LogP contribution in [0, 0.1) is 0 Å². The maximum Gasteiger partial charge on any atom is 0.0352 e. The Morgan fingerprint density at radius 2 is 2.07 bits per heavy atom. The third-order valence-corrected chi connectivity index (χ3v) is 3.01. The summed E-state index contributed by atoms with van der Waals surface area (Å²) < 4.78 is 0. The lowest BCUT2D eigenvalue weighted by molar-refractivity contribution is 0.603. The van der Waals surface area contributed by atoms with E-state index >= 15 is 0 Å². The lowest BCUT2D eigenvalue weighted by atomic mass is 10.0. The van der Waals surface area contributed by atoms with Crippen molar-refractivity contribution in [2.75, 3.05) is 13.3 Å². The summed E-state index contributed by atoms with van der Waals surface area (Å²) in [5.41, 5.74) is 1.32. The van der Waals surface area contributed by atoms with Crippen molar-refractivity contribution in [3.05, 3.63) is 42.5 Å². The van der Waals surface area contributed by atoms with E-state index in [2.05, 4.69) is 42.4 Å². The molecule has 0 aliphatic rings. The third kappa shape index (κ3) is 2.89. The van der Waals surface area contributed by atoms with Crippen LogP contribution in [0.3, 0.4) is 0 Å². The molecule has 1 atom stereocenters. The predicted octanol–water partition coefficient (Wildman–Crippen LogP) is 3.25. The normalized spacial score (nSPS) is 12.4. The lowest BCUT2D eigenvalue weighted by Gasteiger charge is -2.14. The molecule has 1 unspecified atom stereocenters. The summed E-state index contributed by atoms with van der Waals surface area (Å²) >= 11 is 1.77. The Hall–Kier alpha value is -0.730. The highest BCUT2D eigenvalue weighted by atomic mass is 32.2. The molecule has 0 heterocycles. The van der Waals surface area contributed by atoms with Crippen LogP contribution in [-0.4, -0.2) is 13.3 Å². The highest BCUT2D eigenvalue weighted by molar-refractivity contribution is 7.98. The molecule has 1 aromatic carbocycles. The summed E-state index contributed by atoms with van der Waals surface area (Å²) in [5.74, 6) is 0. The second kappa shape index (κ2) is 5.89. The van der Waals surface area contributed by atoms with Gasteiger partial charge in [-0.25, -0.2) is 0 Å². The van der Waals surface area contributed by atoms with Crippen molar-refractivity contribution in [3.63, 3.8) is 0 Å². The molecule has 14 heavy (non-hydrogen) atoms. The minimum atomic E-state index is 0.392. The maximum absolute atomic E-state index is 3.76. The van der Waals surface area contributed by atoms with E-state index < -0.39 is 0 Å². The second-order valence-corrected chi connectivity index (χ2v) is 4.02. The summed E-state index contributed by atoms with van der Waals surface area (Å²) in [6.45, 7) is 3.76. The molecular formula is C12H17NS. The van der Waals surface area contributed by atoms with Gasteiger partial charge in [-0.3, -0.25) is 0 Å². The molecule has 0 fully saturated rings. The van der Waals surface area contributed by atoms with Crippen LogP contribution < -0.4 is 5.32 Å². The Kier molecular flexibility index (Phi) is 4.77. The quantitative estimate of drug-likeness (QED) is 0.587. The van der Waals surface area contributed by atoms with Gasteiger partial charge in [0.1, 0.15) is 0 Å². The first-order valence-electron chi connectivity index (χ1n) is 4.74. The van der Waals surface area contributed by atoms with Crippen LogP contribution in [0.4, 0.5) is 0 Å². The second-order valence-electron chi connectivity index (χ2n) is 3.14. The smallest absolute Gasteiger partial charge is 0.0352 e. The van der Waals surface area contributed by atoms with E-state index in [4.69, 9.17) is 0 Å². The Morgan fingerprint density at radius 3 is 2.50 bits per heavy atom. The molecule has 0 bridgehead atoms. The molecular weight excluding hydrogens is 190 g/mol. The van der Waals surface area contributed by atoms with Crippen LogP contribution in [0.25, 0.3) is 0 Å². The van der Waals surface area contributed by atoms with Gasteiger partial charge in [0.25, 0.3) is 0 Å². The van der Waals surface area contributed by atoms with E-state index in [0.29, 0.717) is 6.04 Å². The van der Waals surface area contributed by atoms with Crippen molar-refractivity contribution in [2.45, 2.75) is 17.4 Å². The molecule has 0 aliphatic carbocycles. The summed E-state index contributed by atoms with van der Waals surface area (Å²) in [5, 5.41) is 3.28. The molecule has 1 N–H and O–H groups in total. The molecule has 0 spiro atoms. The number of thioether (sulfide) groups is 1. The van der Waals surface area contributed by atoms with Crippen molar-refractivity contribution in [1.29, 1.82) is 0 Å². The van der Waals surface area contributed by atoms with Crippen LogP contribution in [-0.2, 0) is 0 Å².